The molecule has 9 heteroatoms. The molecule has 0 fully saturated rings. The predicted molar refractivity (Wildman–Crippen MR) is 91.9 cm³/mol. The van der Waals surface area contributed by atoms with E-state index in [1.165, 1.54) is 7.11 Å². The van der Waals surface area contributed by atoms with Gasteiger partial charge < -0.3 is 19.6 Å². The highest BCUT2D eigenvalue weighted by Gasteiger charge is 2.32. The van der Waals surface area contributed by atoms with E-state index < -0.39 is 12.0 Å². The number of carbonyl (C=O) groups is 1. The van der Waals surface area contributed by atoms with Gasteiger partial charge in [0, 0.05) is 5.70 Å². The van der Waals surface area contributed by atoms with Crippen LogP contribution >= 0.6 is 0 Å². The number of nitrogens with zero attached hydrogens (tertiary/aromatic N) is 4. The lowest BCUT2D eigenvalue weighted by atomic mass is 9.95. The summed E-state index contributed by atoms with van der Waals surface area (Å²) in [5.41, 5.74) is 2.95. The smallest absolute Gasteiger partial charge is 0.338 e. The number of nitrogens with one attached hydrogen (secondary N) is 1. The van der Waals surface area contributed by atoms with E-state index in [1.807, 2.05) is 6.92 Å². The van der Waals surface area contributed by atoms with Gasteiger partial charge in [0.1, 0.15) is 17.1 Å². The number of rotatable bonds is 5. The minimum atomic E-state index is -0.623. The number of aliphatic imine (C=N–C) groups is 1. The zero-order chi connectivity index (χ0) is 18.5. The summed E-state index contributed by atoms with van der Waals surface area (Å²) in [7, 11) is 1.50. The van der Waals surface area contributed by atoms with Gasteiger partial charge in [0.15, 0.2) is 6.61 Å². The van der Waals surface area contributed by atoms with Gasteiger partial charge in [-0.1, -0.05) is 13.0 Å². The van der Waals surface area contributed by atoms with Crippen molar-refractivity contribution in [2.75, 3.05) is 20.3 Å². The summed E-state index contributed by atoms with van der Waals surface area (Å²) < 4.78 is 15.2. The quantitative estimate of drug-likeness (QED) is 0.497. The van der Waals surface area contributed by atoms with Crippen LogP contribution in [0.4, 0.5) is 0 Å². The van der Waals surface area contributed by atoms with Crippen LogP contribution < -0.4 is 5.32 Å². The molecule has 3 rings (SSSR count). The molecule has 0 amide bonds. The maximum Gasteiger partial charge on any atom is 0.338 e. The number of ether oxygens (including phenoxy) is 2. The Hall–Kier alpha value is -3.41. The van der Waals surface area contributed by atoms with Crippen LogP contribution in [0.15, 0.2) is 39.1 Å². The second kappa shape index (κ2) is 7.65. The summed E-state index contributed by atoms with van der Waals surface area (Å²) in [4.78, 5) is 20.3. The van der Waals surface area contributed by atoms with E-state index in [0.717, 1.165) is 5.56 Å². The van der Waals surface area contributed by atoms with Crippen molar-refractivity contribution in [1.29, 1.82) is 0 Å². The van der Waals surface area contributed by atoms with Gasteiger partial charge in [-0.2, -0.15) is 0 Å². The summed E-state index contributed by atoms with van der Waals surface area (Å²) in [5, 5.41) is 10.6. The first-order chi connectivity index (χ1) is 12.7. The van der Waals surface area contributed by atoms with Gasteiger partial charge in [-0.15, -0.1) is 0 Å². The van der Waals surface area contributed by atoms with Crippen LogP contribution in [0.25, 0.3) is 15.9 Å². The molecule has 1 unspecified atom stereocenters. The van der Waals surface area contributed by atoms with Gasteiger partial charge in [0.2, 0.25) is 6.54 Å². The first kappa shape index (κ1) is 17.4. The number of amidine groups is 1. The van der Waals surface area contributed by atoms with E-state index in [2.05, 4.69) is 25.5 Å². The largest absolute Gasteiger partial charge is 0.468 e. The number of methoxy groups -OCH3 is 1. The second-order valence-electron chi connectivity index (χ2n) is 5.44. The van der Waals surface area contributed by atoms with Crippen LogP contribution in [0, 0.1) is 6.57 Å². The highest BCUT2D eigenvalue weighted by Crippen LogP contribution is 2.33. The standard InChI is InChI=1S/C17H17N5O4/c1-4-11-14(16(23)25-8-7-18-2)15(20-17(19-11)24-3)10-5-6-12-13(9-10)22-26-21-12/h5-6,9,15H,4,7-8H2,1,3H3,(H,19,20). The van der Waals surface area contributed by atoms with Crippen molar-refractivity contribution in [2.24, 2.45) is 4.99 Å². The van der Waals surface area contributed by atoms with Crippen LogP contribution in [0.1, 0.15) is 24.9 Å². The maximum atomic E-state index is 12.7. The maximum absolute atomic E-state index is 12.7. The number of aromatic nitrogens is 2. The lowest BCUT2D eigenvalue weighted by molar-refractivity contribution is -0.139. The fraction of sp³-hybridized carbons (Fsp3) is 0.353. The van der Waals surface area contributed by atoms with E-state index in [1.54, 1.807) is 18.2 Å². The third kappa shape index (κ3) is 3.35. The molecule has 0 aliphatic carbocycles. The Morgan fingerprint density at radius 3 is 2.92 bits per heavy atom. The molecule has 0 bridgehead atoms. The van der Waals surface area contributed by atoms with Gasteiger partial charge in [-0.25, -0.2) is 21.0 Å². The molecule has 9 nitrogen and oxygen atoms in total. The molecule has 1 aliphatic heterocycles. The van der Waals surface area contributed by atoms with Crippen LogP contribution in [-0.2, 0) is 14.3 Å². The minimum Gasteiger partial charge on any atom is -0.468 e. The Morgan fingerprint density at radius 1 is 1.38 bits per heavy atom. The van der Waals surface area contributed by atoms with Crippen molar-refractivity contribution in [3.05, 3.63) is 46.4 Å². The molecular formula is C17H17N5O4. The number of fused-ring (bicyclic) bond motifs is 1. The van der Waals surface area contributed by atoms with Crippen molar-refractivity contribution < 1.29 is 18.9 Å². The highest BCUT2D eigenvalue weighted by molar-refractivity contribution is 5.94. The third-order valence-electron chi connectivity index (χ3n) is 3.90. The normalized spacial score (nSPS) is 16.7. The molecule has 0 spiro atoms. The average molecular weight is 355 g/mol. The molecule has 1 aromatic heterocycles. The highest BCUT2D eigenvalue weighted by atomic mass is 16.6. The molecule has 0 saturated carbocycles. The molecule has 1 aromatic carbocycles. The van der Waals surface area contributed by atoms with Crippen molar-refractivity contribution in [3.63, 3.8) is 0 Å². The molecule has 2 aromatic rings. The number of benzene rings is 1. The average Bonchev–Trinajstić information content (AvgIpc) is 3.14. The zero-order valence-corrected chi connectivity index (χ0v) is 14.4. The summed E-state index contributed by atoms with van der Waals surface area (Å²) in [6.07, 6.45) is 0.555. The third-order valence-corrected chi connectivity index (χ3v) is 3.90. The van der Waals surface area contributed by atoms with Crippen LogP contribution in [0.5, 0.6) is 0 Å². The molecule has 2 heterocycles. The lowest BCUT2D eigenvalue weighted by Crippen LogP contribution is -2.34. The van der Waals surface area contributed by atoms with E-state index >= 15 is 0 Å². The minimum absolute atomic E-state index is 0.0304. The first-order valence-corrected chi connectivity index (χ1v) is 8.02. The van der Waals surface area contributed by atoms with E-state index in [9.17, 15) is 4.79 Å². The fourth-order valence-electron chi connectivity index (χ4n) is 2.67. The Morgan fingerprint density at radius 2 is 2.19 bits per heavy atom. The van der Waals surface area contributed by atoms with E-state index in [0.29, 0.717) is 34.7 Å². The van der Waals surface area contributed by atoms with Gasteiger partial charge in [-0.05, 0) is 34.4 Å². The fourth-order valence-corrected chi connectivity index (χ4v) is 2.67. The SMILES string of the molecule is [C-]#[N+]CCOC(=O)C1=C(CC)NC(OC)=NC1c1ccc2nonc2c1. The number of hydrogen-bond acceptors (Lipinski definition) is 8. The Balaban J connectivity index is 2.02. The predicted octanol–water partition coefficient (Wildman–Crippen LogP) is 2.00. The Bertz CT molecular complexity index is 925. The van der Waals surface area contributed by atoms with Gasteiger partial charge in [0.25, 0.3) is 6.02 Å². The number of allylic oxidation sites excluding steroid dienone is 1. The molecule has 134 valence electrons. The van der Waals surface area contributed by atoms with E-state index in [-0.39, 0.29) is 13.2 Å². The summed E-state index contributed by atoms with van der Waals surface area (Å²) in [6, 6.07) is 5.00. The second-order valence-corrected chi connectivity index (χ2v) is 5.44. The van der Waals surface area contributed by atoms with Crippen molar-refractivity contribution in [3.8, 4) is 0 Å². The summed E-state index contributed by atoms with van der Waals surface area (Å²) in [6.45, 7) is 8.86. The summed E-state index contributed by atoms with van der Waals surface area (Å²) >= 11 is 0. The Labute approximate surface area is 149 Å². The van der Waals surface area contributed by atoms with Gasteiger partial charge >= 0.3 is 5.97 Å². The van der Waals surface area contributed by atoms with Crippen molar-refractivity contribution in [1.82, 2.24) is 15.6 Å². The molecular weight excluding hydrogens is 338 g/mol. The van der Waals surface area contributed by atoms with Crippen LogP contribution in [-0.4, -0.2) is 42.6 Å². The number of esters is 1. The molecule has 1 N–H and O–H groups in total. The molecule has 1 aliphatic rings. The number of carbonyl (C=O) groups excluding carboxylic acids is 1. The topological polar surface area (TPSA) is 103 Å². The molecule has 26 heavy (non-hydrogen) atoms. The monoisotopic (exact) mass is 355 g/mol. The van der Waals surface area contributed by atoms with E-state index in [4.69, 9.17) is 20.7 Å². The van der Waals surface area contributed by atoms with Gasteiger partial charge in [-0.3, -0.25) is 0 Å². The lowest BCUT2D eigenvalue weighted by Gasteiger charge is -2.26. The molecule has 1 atom stereocenters. The summed E-state index contributed by atoms with van der Waals surface area (Å²) in [5.74, 6) is -0.514. The first-order valence-electron chi connectivity index (χ1n) is 8.02. The van der Waals surface area contributed by atoms with Gasteiger partial charge in [0.05, 0.1) is 12.7 Å². The number of hydrogen-bond donors (Lipinski definition) is 1. The Kier molecular flexibility index (Phi) is 5.12. The molecule has 0 saturated heterocycles. The molecule has 0 radical (unpaired) electrons. The zero-order valence-electron chi connectivity index (χ0n) is 14.4. The van der Waals surface area contributed by atoms with Crippen molar-refractivity contribution in [2.45, 2.75) is 19.4 Å². The van der Waals surface area contributed by atoms with Crippen LogP contribution in [0.3, 0.4) is 0 Å². The van der Waals surface area contributed by atoms with Crippen molar-refractivity contribution >= 4 is 23.0 Å². The van der Waals surface area contributed by atoms with Crippen LogP contribution in [0.2, 0.25) is 0 Å².